The van der Waals surface area contributed by atoms with Crippen LogP contribution in [0.4, 0.5) is 5.82 Å². The Morgan fingerprint density at radius 2 is 1.71 bits per heavy atom. The summed E-state index contributed by atoms with van der Waals surface area (Å²) in [4.78, 5) is 22.2. The zero-order valence-electron chi connectivity index (χ0n) is 17.9. The van der Waals surface area contributed by atoms with E-state index >= 15 is 0 Å². The predicted molar refractivity (Wildman–Crippen MR) is 123 cm³/mol. The van der Waals surface area contributed by atoms with Gasteiger partial charge in [0.2, 0.25) is 0 Å². The SMILES string of the molecule is COC(=O)c1c(C)cc(N2CCN(Cc3ccccc3)CC2)n2c1nc1ccccc12. The van der Waals surface area contributed by atoms with Crippen molar-refractivity contribution in [3.8, 4) is 0 Å². The Morgan fingerprint density at radius 1 is 1.00 bits per heavy atom. The van der Waals surface area contributed by atoms with Gasteiger partial charge in [0.1, 0.15) is 11.4 Å². The highest BCUT2D eigenvalue weighted by molar-refractivity contribution is 6.00. The summed E-state index contributed by atoms with van der Waals surface area (Å²) >= 11 is 0. The topological polar surface area (TPSA) is 50.1 Å². The third-order valence-electron chi connectivity index (χ3n) is 6.09. The minimum absolute atomic E-state index is 0.350. The number of benzene rings is 2. The number of ether oxygens (including phenoxy) is 1. The number of fused-ring (bicyclic) bond motifs is 3. The number of pyridine rings is 1. The van der Waals surface area contributed by atoms with Crippen LogP contribution in [-0.4, -0.2) is 53.5 Å². The van der Waals surface area contributed by atoms with Crippen LogP contribution >= 0.6 is 0 Å². The molecule has 6 heteroatoms. The van der Waals surface area contributed by atoms with Gasteiger partial charge in [-0.3, -0.25) is 9.30 Å². The van der Waals surface area contributed by atoms with Crippen LogP contribution in [0, 0.1) is 6.92 Å². The first-order valence-electron chi connectivity index (χ1n) is 10.7. The Labute approximate surface area is 181 Å². The molecule has 5 rings (SSSR count). The number of methoxy groups -OCH3 is 1. The maximum atomic E-state index is 12.5. The molecule has 4 aromatic rings. The molecule has 6 nitrogen and oxygen atoms in total. The summed E-state index contributed by atoms with van der Waals surface area (Å²) in [5, 5.41) is 0. The van der Waals surface area contributed by atoms with Gasteiger partial charge in [0.25, 0.3) is 0 Å². The van der Waals surface area contributed by atoms with Crippen molar-refractivity contribution in [2.75, 3.05) is 38.2 Å². The van der Waals surface area contributed by atoms with Crippen LogP contribution in [0.5, 0.6) is 0 Å². The molecule has 0 N–H and O–H groups in total. The van der Waals surface area contributed by atoms with Gasteiger partial charge < -0.3 is 9.64 Å². The number of para-hydroxylation sites is 2. The largest absolute Gasteiger partial charge is 0.465 e. The molecular weight excluding hydrogens is 388 g/mol. The molecule has 0 bridgehead atoms. The Bertz CT molecular complexity index is 1240. The fourth-order valence-electron chi connectivity index (χ4n) is 4.50. The van der Waals surface area contributed by atoms with E-state index in [9.17, 15) is 4.79 Å². The van der Waals surface area contributed by atoms with E-state index in [0.29, 0.717) is 11.2 Å². The van der Waals surface area contributed by atoms with Gasteiger partial charge in [-0.2, -0.15) is 0 Å². The molecule has 0 radical (unpaired) electrons. The lowest BCUT2D eigenvalue weighted by atomic mass is 10.1. The summed E-state index contributed by atoms with van der Waals surface area (Å²) in [5.41, 5.74) is 5.31. The molecule has 1 aliphatic rings. The minimum atomic E-state index is -0.350. The van der Waals surface area contributed by atoms with Crippen LogP contribution in [0.2, 0.25) is 0 Å². The number of imidazole rings is 1. The van der Waals surface area contributed by atoms with Crippen molar-refractivity contribution in [1.82, 2.24) is 14.3 Å². The highest BCUT2D eigenvalue weighted by Crippen LogP contribution is 2.30. The third kappa shape index (κ3) is 3.53. The first kappa shape index (κ1) is 19.6. The first-order chi connectivity index (χ1) is 15.2. The van der Waals surface area contributed by atoms with Gasteiger partial charge in [-0.05, 0) is 36.2 Å². The molecule has 3 heterocycles. The molecular formula is C25H26N4O2. The van der Waals surface area contributed by atoms with Gasteiger partial charge >= 0.3 is 5.97 Å². The first-order valence-corrected chi connectivity index (χ1v) is 10.7. The van der Waals surface area contributed by atoms with Gasteiger partial charge in [0.15, 0.2) is 5.65 Å². The van der Waals surface area contributed by atoms with Gasteiger partial charge in [0.05, 0.1) is 18.1 Å². The number of piperazine rings is 1. The van der Waals surface area contributed by atoms with E-state index in [-0.39, 0.29) is 5.97 Å². The monoisotopic (exact) mass is 414 g/mol. The molecule has 0 atom stereocenters. The molecule has 0 spiro atoms. The average Bonchev–Trinajstić information content (AvgIpc) is 3.18. The summed E-state index contributed by atoms with van der Waals surface area (Å²) in [6, 6.07) is 20.7. The summed E-state index contributed by atoms with van der Waals surface area (Å²) < 4.78 is 7.18. The zero-order valence-corrected chi connectivity index (χ0v) is 17.9. The fraction of sp³-hybridized carbons (Fsp3) is 0.280. The fourth-order valence-corrected chi connectivity index (χ4v) is 4.50. The summed E-state index contributed by atoms with van der Waals surface area (Å²) in [6.07, 6.45) is 0. The highest BCUT2D eigenvalue weighted by Gasteiger charge is 2.25. The lowest BCUT2D eigenvalue weighted by molar-refractivity contribution is 0.0601. The van der Waals surface area contributed by atoms with E-state index in [1.54, 1.807) is 0 Å². The van der Waals surface area contributed by atoms with Gasteiger partial charge in [-0.15, -0.1) is 0 Å². The van der Waals surface area contributed by atoms with Crippen molar-refractivity contribution >= 4 is 28.5 Å². The molecule has 1 fully saturated rings. The molecule has 158 valence electrons. The number of hydrogen-bond acceptors (Lipinski definition) is 5. The second-order valence-corrected chi connectivity index (χ2v) is 8.06. The number of esters is 1. The quantitative estimate of drug-likeness (QED) is 0.474. The molecule has 2 aromatic carbocycles. The van der Waals surface area contributed by atoms with Crippen molar-refractivity contribution in [2.45, 2.75) is 13.5 Å². The lowest BCUT2D eigenvalue weighted by Crippen LogP contribution is -2.46. The van der Waals surface area contributed by atoms with Gasteiger partial charge in [-0.1, -0.05) is 42.5 Å². The number of anilines is 1. The third-order valence-corrected chi connectivity index (χ3v) is 6.09. The zero-order chi connectivity index (χ0) is 21.4. The Kier molecular flexibility index (Phi) is 5.08. The van der Waals surface area contributed by atoms with Crippen LogP contribution in [0.15, 0.2) is 60.7 Å². The van der Waals surface area contributed by atoms with E-state index in [1.165, 1.54) is 12.7 Å². The van der Waals surface area contributed by atoms with E-state index in [2.05, 4.69) is 56.7 Å². The molecule has 31 heavy (non-hydrogen) atoms. The van der Waals surface area contributed by atoms with E-state index in [1.807, 2.05) is 25.1 Å². The van der Waals surface area contributed by atoms with Crippen LogP contribution in [-0.2, 0) is 11.3 Å². The second-order valence-electron chi connectivity index (χ2n) is 8.06. The van der Waals surface area contributed by atoms with Crippen molar-refractivity contribution in [3.05, 3.63) is 77.4 Å². The smallest absolute Gasteiger partial charge is 0.341 e. The number of carbonyl (C=O) groups excluding carboxylic acids is 1. The normalized spacial score (nSPS) is 15.0. The number of hydrogen-bond donors (Lipinski definition) is 0. The predicted octanol–water partition coefficient (Wildman–Crippen LogP) is 3.90. The van der Waals surface area contributed by atoms with Crippen molar-refractivity contribution in [3.63, 3.8) is 0 Å². The minimum Gasteiger partial charge on any atom is -0.465 e. The highest BCUT2D eigenvalue weighted by atomic mass is 16.5. The Hall–Kier alpha value is -3.38. The molecule has 1 saturated heterocycles. The number of aryl methyl sites for hydroxylation is 1. The van der Waals surface area contributed by atoms with E-state index in [0.717, 1.165) is 55.1 Å². The number of aromatic nitrogens is 2. The van der Waals surface area contributed by atoms with Crippen LogP contribution in [0.25, 0.3) is 16.7 Å². The van der Waals surface area contributed by atoms with Gasteiger partial charge in [0, 0.05) is 32.7 Å². The maximum absolute atomic E-state index is 12.5. The number of rotatable bonds is 4. The van der Waals surface area contributed by atoms with Gasteiger partial charge in [-0.25, -0.2) is 9.78 Å². The summed E-state index contributed by atoms with van der Waals surface area (Å²) in [7, 11) is 1.42. The molecule has 0 aliphatic carbocycles. The van der Waals surface area contributed by atoms with E-state index in [4.69, 9.17) is 9.72 Å². The van der Waals surface area contributed by atoms with Crippen LogP contribution in [0.3, 0.4) is 0 Å². The number of carbonyl (C=O) groups is 1. The average molecular weight is 415 g/mol. The molecule has 2 aromatic heterocycles. The molecule has 0 saturated carbocycles. The lowest BCUT2D eigenvalue weighted by Gasteiger charge is -2.36. The number of nitrogens with zero attached hydrogens (tertiary/aromatic N) is 4. The Morgan fingerprint density at radius 3 is 2.45 bits per heavy atom. The van der Waals surface area contributed by atoms with Crippen molar-refractivity contribution in [2.24, 2.45) is 0 Å². The summed E-state index contributed by atoms with van der Waals surface area (Å²) in [6.45, 7) is 6.75. The Balaban J connectivity index is 1.51. The molecule has 1 aliphatic heterocycles. The second kappa shape index (κ2) is 8.04. The summed E-state index contributed by atoms with van der Waals surface area (Å²) in [5.74, 6) is 0.727. The molecule has 0 unspecified atom stereocenters. The maximum Gasteiger partial charge on any atom is 0.341 e. The van der Waals surface area contributed by atoms with Crippen molar-refractivity contribution in [1.29, 1.82) is 0 Å². The van der Waals surface area contributed by atoms with Crippen molar-refractivity contribution < 1.29 is 9.53 Å². The van der Waals surface area contributed by atoms with Crippen LogP contribution in [0.1, 0.15) is 21.5 Å². The standard InChI is InChI=1S/C25H26N4O2/c1-18-16-22(28-14-12-27(13-15-28)17-19-8-4-3-5-9-19)29-21-11-7-6-10-20(21)26-24(29)23(18)25(30)31-2/h3-11,16H,12-15,17H2,1-2H3. The van der Waals surface area contributed by atoms with Crippen LogP contribution < -0.4 is 4.90 Å². The van der Waals surface area contributed by atoms with E-state index < -0.39 is 0 Å². The molecule has 0 amide bonds.